The van der Waals surface area contributed by atoms with Crippen LogP contribution in [0.3, 0.4) is 0 Å². The molecule has 2 aromatic carbocycles. The molecular formula is C26H27F3N2O3. The molecule has 0 unspecified atom stereocenters. The minimum absolute atomic E-state index is 0.0535. The minimum atomic E-state index is -4.54. The molecule has 2 aliphatic rings. The van der Waals surface area contributed by atoms with Gasteiger partial charge in [0.2, 0.25) is 5.91 Å². The molecule has 4 rings (SSSR count). The molecule has 1 amide bonds. The summed E-state index contributed by atoms with van der Waals surface area (Å²) in [6.07, 6.45) is -3.57. The standard InChI is InChI=1S/C26H27F3N2O3/c1-34-23-9-5-4-8-21(23)25(33)14-17(10-11-30)12-19-15-31(16-22(19)25)24(32)13-18-6-2-3-7-20(18)26(27,28)29/h2-9,17,19,22,33H,10,12-16H2,1H3/t17-,19+,22-,25-/m1/s1. The van der Waals surface area contributed by atoms with Crippen molar-refractivity contribution < 1.29 is 27.8 Å². The lowest BCUT2D eigenvalue weighted by molar-refractivity contribution is -0.138. The summed E-state index contributed by atoms with van der Waals surface area (Å²) < 4.78 is 45.7. The number of benzene rings is 2. The van der Waals surface area contributed by atoms with E-state index in [-0.39, 0.29) is 42.7 Å². The Bertz CT molecular complexity index is 1100. The molecule has 34 heavy (non-hydrogen) atoms. The normalized spacial score (nSPS) is 26.6. The van der Waals surface area contributed by atoms with Crippen molar-refractivity contribution in [1.29, 1.82) is 5.26 Å². The SMILES string of the molecule is COc1ccccc1[C@]1(O)C[C@H](CC#N)C[C@H]2CN(C(=O)Cc3ccccc3C(F)(F)F)C[C@H]21. The molecule has 2 aromatic rings. The number of amides is 1. The predicted molar refractivity (Wildman–Crippen MR) is 119 cm³/mol. The van der Waals surface area contributed by atoms with E-state index in [2.05, 4.69) is 6.07 Å². The number of likely N-dealkylation sites (tertiary alicyclic amines) is 1. The number of methoxy groups -OCH3 is 1. The van der Waals surface area contributed by atoms with Crippen molar-refractivity contribution in [3.05, 3.63) is 65.2 Å². The van der Waals surface area contributed by atoms with Crippen LogP contribution in [0.1, 0.15) is 36.0 Å². The van der Waals surface area contributed by atoms with E-state index in [0.717, 1.165) is 6.07 Å². The molecule has 1 saturated carbocycles. The minimum Gasteiger partial charge on any atom is -0.496 e. The summed E-state index contributed by atoms with van der Waals surface area (Å²) >= 11 is 0. The number of hydrogen-bond donors (Lipinski definition) is 1. The Labute approximate surface area is 196 Å². The number of aliphatic hydroxyl groups is 1. The lowest BCUT2D eigenvalue weighted by Gasteiger charge is -2.45. The zero-order valence-corrected chi connectivity index (χ0v) is 18.9. The Morgan fingerprint density at radius 2 is 1.91 bits per heavy atom. The first kappa shape index (κ1) is 24.1. The van der Waals surface area contributed by atoms with E-state index >= 15 is 0 Å². The first-order valence-corrected chi connectivity index (χ1v) is 11.3. The van der Waals surface area contributed by atoms with Crippen molar-refractivity contribution in [3.8, 4) is 11.8 Å². The molecule has 1 N–H and O–H groups in total. The highest BCUT2D eigenvalue weighted by molar-refractivity contribution is 5.79. The summed E-state index contributed by atoms with van der Waals surface area (Å²) in [6, 6.07) is 14.5. The number of rotatable bonds is 5. The van der Waals surface area contributed by atoms with E-state index in [9.17, 15) is 28.3 Å². The second kappa shape index (κ2) is 9.30. The number of nitriles is 1. The van der Waals surface area contributed by atoms with Crippen LogP contribution in [0.15, 0.2) is 48.5 Å². The van der Waals surface area contributed by atoms with Crippen LogP contribution in [0.5, 0.6) is 5.75 Å². The largest absolute Gasteiger partial charge is 0.496 e. The Balaban J connectivity index is 1.62. The number of nitrogens with zero attached hydrogens (tertiary/aromatic N) is 2. The van der Waals surface area contributed by atoms with E-state index < -0.39 is 23.2 Å². The Kier molecular flexibility index (Phi) is 6.59. The fraction of sp³-hybridized carbons (Fsp3) is 0.462. The van der Waals surface area contributed by atoms with Gasteiger partial charge in [0.1, 0.15) is 5.75 Å². The summed E-state index contributed by atoms with van der Waals surface area (Å²) in [7, 11) is 1.53. The Morgan fingerprint density at radius 1 is 1.21 bits per heavy atom. The summed E-state index contributed by atoms with van der Waals surface area (Å²) in [5.41, 5.74) is -1.56. The molecule has 2 fully saturated rings. The zero-order chi connectivity index (χ0) is 24.5. The molecule has 0 spiro atoms. The Morgan fingerprint density at radius 3 is 2.62 bits per heavy atom. The Hall–Kier alpha value is -3.05. The maximum Gasteiger partial charge on any atom is 0.416 e. The molecule has 0 aromatic heterocycles. The fourth-order valence-corrected chi connectivity index (χ4v) is 5.78. The van der Waals surface area contributed by atoms with Crippen molar-refractivity contribution >= 4 is 5.91 Å². The third-order valence-electron chi connectivity index (χ3n) is 7.26. The van der Waals surface area contributed by atoms with E-state index in [1.807, 2.05) is 6.07 Å². The van der Waals surface area contributed by atoms with Gasteiger partial charge in [0, 0.05) is 31.0 Å². The van der Waals surface area contributed by atoms with Crippen molar-refractivity contribution in [2.75, 3.05) is 20.2 Å². The number of para-hydroxylation sites is 1. The molecule has 4 atom stereocenters. The first-order chi connectivity index (χ1) is 16.2. The molecule has 1 aliphatic carbocycles. The van der Waals surface area contributed by atoms with Gasteiger partial charge < -0.3 is 14.7 Å². The third-order valence-corrected chi connectivity index (χ3v) is 7.26. The first-order valence-electron chi connectivity index (χ1n) is 11.3. The molecule has 8 heteroatoms. The maximum atomic E-state index is 13.4. The zero-order valence-electron chi connectivity index (χ0n) is 18.9. The van der Waals surface area contributed by atoms with Gasteiger partial charge >= 0.3 is 6.18 Å². The number of hydrogen-bond acceptors (Lipinski definition) is 4. The number of fused-ring (bicyclic) bond motifs is 1. The van der Waals surface area contributed by atoms with Gasteiger partial charge in [0.25, 0.3) is 0 Å². The highest BCUT2D eigenvalue weighted by Crippen LogP contribution is 2.52. The molecular weight excluding hydrogens is 445 g/mol. The summed E-state index contributed by atoms with van der Waals surface area (Å²) in [5.74, 6) is -0.290. The third kappa shape index (κ3) is 4.49. The average Bonchev–Trinajstić information content (AvgIpc) is 3.24. The smallest absolute Gasteiger partial charge is 0.416 e. The molecule has 1 saturated heterocycles. The average molecular weight is 473 g/mol. The molecule has 180 valence electrons. The summed E-state index contributed by atoms with van der Waals surface area (Å²) in [6.45, 7) is 0.586. The number of halogens is 3. The van der Waals surface area contributed by atoms with Crippen LogP contribution in [-0.2, 0) is 23.0 Å². The van der Waals surface area contributed by atoms with Crippen LogP contribution in [0.25, 0.3) is 0 Å². The van der Waals surface area contributed by atoms with E-state index in [1.165, 1.54) is 25.3 Å². The quantitative estimate of drug-likeness (QED) is 0.693. The molecule has 1 heterocycles. The maximum absolute atomic E-state index is 13.4. The molecule has 0 bridgehead atoms. The number of alkyl halides is 3. The molecule has 1 aliphatic heterocycles. The van der Waals surface area contributed by atoms with Crippen LogP contribution in [-0.4, -0.2) is 36.1 Å². The van der Waals surface area contributed by atoms with Gasteiger partial charge in [-0.05, 0) is 42.4 Å². The second-order valence-corrected chi connectivity index (χ2v) is 9.29. The van der Waals surface area contributed by atoms with Crippen molar-refractivity contribution in [3.63, 3.8) is 0 Å². The number of carbonyl (C=O) groups excluding carboxylic acids is 1. The summed E-state index contributed by atoms with van der Waals surface area (Å²) in [4.78, 5) is 14.7. The van der Waals surface area contributed by atoms with Crippen LogP contribution >= 0.6 is 0 Å². The number of ether oxygens (including phenoxy) is 1. The fourth-order valence-electron chi connectivity index (χ4n) is 5.78. The summed E-state index contributed by atoms with van der Waals surface area (Å²) in [5, 5.41) is 21.3. The van der Waals surface area contributed by atoms with E-state index in [1.54, 1.807) is 23.1 Å². The lowest BCUT2D eigenvalue weighted by atomic mass is 9.63. The predicted octanol–water partition coefficient (Wildman–Crippen LogP) is 4.54. The van der Waals surface area contributed by atoms with Crippen LogP contribution in [0.4, 0.5) is 13.2 Å². The van der Waals surface area contributed by atoms with Crippen molar-refractivity contribution in [1.82, 2.24) is 4.90 Å². The van der Waals surface area contributed by atoms with Crippen LogP contribution < -0.4 is 4.74 Å². The topological polar surface area (TPSA) is 73.6 Å². The molecule has 5 nitrogen and oxygen atoms in total. The van der Waals surface area contributed by atoms with Crippen molar-refractivity contribution in [2.45, 2.75) is 37.5 Å². The lowest BCUT2D eigenvalue weighted by Crippen LogP contribution is -2.46. The monoisotopic (exact) mass is 472 g/mol. The number of carbonyl (C=O) groups is 1. The van der Waals surface area contributed by atoms with E-state index in [0.29, 0.717) is 30.7 Å². The van der Waals surface area contributed by atoms with Crippen LogP contribution in [0, 0.1) is 29.1 Å². The van der Waals surface area contributed by atoms with E-state index in [4.69, 9.17) is 4.74 Å². The van der Waals surface area contributed by atoms with Gasteiger partial charge in [-0.25, -0.2) is 0 Å². The highest BCUT2D eigenvalue weighted by atomic mass is 19.4. The van der Waals surface area contributed by atoms with Gasteiger partial charge in [-0.3, -0.25) is 4.79 Å². The molecule has 0 radical (unpaired) electrons. The highest BCUT2D eigenvalue weighted by Gasteiger charge is 2.54. The van der Waals surface area contributed by atoms with Crippen molar-refractivity contribution in [2.24, 2.45) is 17.8 Å². The van der Waals surface area contributed by atoms with Gasteiger partial charge in [-0.2, -0.15) is 18.4 Å². The van der Waals surface area contributed by atoms with Gasteiger partial charge in [-0.1, -0.05) is 36.4 Å². The van der Waals surface area contributed by atoms with Gasteiger partial charge in [0.15, 0.2) is 0 Å². The second-order valence-electron chi connectivity index (χ2n) is 9.29. The van der Waals surface area contributed by atoms with Crippen LogP contribution in [0.2, 0.25) is 0 Å². The van der Waals surface area contributed by atoms with Gasteiger partial charge in [0.05, 0.1) is 30.8 Å². The van der Waals surface area contributed by atoms with Gasteiger partial charge in [-0.15, -0.1) is 0 Å².